The second-order valence-corrected chi connectivity index (χ2v) is 10.4. The first kappa shape index (κ1) is 28.1. The van der Waals surface area contributed by atoms with E-state index in [4.69, 9.17) is 4.99 Å². The average molecular weight is 511 g/mol. The fraction of sp³-hybridized carbons (Fsp3) is 0.267. The van der Waals surface area contributed by atoms with Crippen molar-refractivity contribution in [1.29, 1.82) is 0 Å². The van der Waals surface area contributed by atoms with Crippen LogP contribution in [0.3, 0.4) is 0 Å². The van der Waals surface area contributed by atoms with Crippen LogP contribution in [0.25, 0.3) is 10.8 Å². The van der Waals surface area contributed by atoms with E-state index in [0.29, 0.717) is 0 Å². The summed E-state index contributed by atoms with van der Waals surface area (Å²) in [5.41, 5.74) is 4.65. The van der Waals surface area contributed by atoms with Gasteiger partial charge in [0, 0.05) is 6.20 Å². The number of fused-ring (bicyclic) bond motifs is 1. The normalized spacial score (nSPS) is 11.6. The zero-order chi connectivity index (χ0) is 24.9. The molecule has 0 unspecified atom stereocenters. The van der Waals surface area contributed by atoms with Gasteiger partial charge >= 0.3 is 16.5 Å². The molecular weight excluding hydrogens is 479 g/mol. The molecule has 0 bridgehead atoms. The summed E-state index contributed by atoms with van der Waals surface area (Å²) in [5, 5.41) is 23.5. The van der Waals surface area contributed by atoms with Gasteiger partial charge in [0.1, 0.15) is 0 Å². The molecule has 0 spiro atoms. The summed E-state index contributed by atoms with van der Waals surface area (Å²) in [7, 11) is 0. The molecule has 0 aliphatic heterocycles. The van der Waals surface area contributed by atoms with Crippen molar-refractivity contribution in [2.75, 3.05) is 0 Å². The van der Waals surface area contributed by atoms with Crippen LogP contribution in [0.4, 0.5) is 5.69 Å². The van der Waals surface area contributed by atoms with Gasteiger partial charge in [0.05, 0.1) is 17.6 Å². The first-order chi connectivity index (χ1) is 15.9. The van der Waals surface area contributed by atoms with E-state index in [1.165, 1.54) is 23.3 Å². The minimum Gasteiger partial charge on any atom is -0.873 e. The van der Waals surface area contributed by atoms with Crippen molar-refractivity contribution in [3.05, 3.63) is 95.8 Å². The van der Waals surface area contributed by atoms with E-state index in [1.807, 2.05) is 48.7 Å². The number of aliphatic imine (C=N–C) groups is 1. The third-order valence-electron chi connectivity index (χ3n) is 5.51. The van der Waals surface area contributed by atoms with Gasteiger partial charge in [-0.3, -0.25) is 9.98 Å². The number of rotatable bonds is 2. The number of nitrogens with zero attached hydrogens (tertiary/aromatic N) is 2. The van der Waals surface area contributed by atoms with Gasteiger partial charge in [-0.25, -0.2) is 0 Å². The Morgan fingerprint density at radius 3 is 1.77 bits per heavy atom. The molecule has 0 amide bonds. The van der Waals surface area contributed by atoms with E-state index < -0.39 is 11.5 Å². The molecule has 4 aromatic rings. The first-order valence-electron chi connectivity index (χ1n) is 11.4. The van der Waals surface area contributed by atoms with E-state index in [-0.39, 0.29) is 27.3 Å². The molecule has 35 heavy (non-hydrogen) atoms. The third-order valence-corrected chi connectivity index (χ3v) is 5.51. The zero-order valence-electron chi connectivity index (χ0n) is 21.1. The molecule has 0 aliphatic carbocycles. The molecule has 0 aliphatic rings. The van der Waals surface area contributed by atoms with Gasteiger partial charge < -0.3 is 10.2 Å². The van der Waals surface area contributed by atoms with Crippen LogP contribution in [-0.2, 0) is 27.3 Å². The van der Waals surface area contributed by atoms with Crippen LogP contribution in [0.5, 0.6) is 11.5 Å². The standard InChI is InChI=1S/C20H26N2.C10H8O2.Ni/c1-19(2,3)15-10-11-17(20(4,5)6)18(13-15)22-14-16-9-7-8-12-21-16;11-9-5-7-3-1-2-4-8(7)6-10(9)12;/h7-14H,1-6H3;1-6,11-12H;/q;;+2/p-2. The molecule has 0 fully saturated rings. The summed E-state index contributed by atoms with van der Waals surface area (Å²) in [5.74, 6) is -0.873. The van der Waals surface area contributed by atoms with E-state index in [0.717, 1.165) is 22.2 Å². The summed E-state index contributed by atoms with van der Waals surface area (Å²) < 4.78 is 0. The Kier molecular flexibility index (Phi) is 9.23. The van der Waals surface area contributed by atoms with Gasteiger partial charge in [-0.05, 0) is 50.9 Å². The second-order valence-electron chi connectivity index (χ2n) is 10.4. The molecule has 4 rings (SSSR count). The molecule has 1 heterocycles. The van der Waals surface area contributed by atoms with Crippen LogP contribution >= 0.6 is 0 Å². The summed E-state index contributed by atoms with van der Waals surface area (Å²) in [6.45, 7) is 13.3. The monoisotopic (exact) mass is 510 g/mol. The fourth-order valence-electron chi connectivity index (χ4n) is 3.53. The van der Waals surface area contributed by atoms with Crippen molar-refractivity contribution in [2.45, 2.75) is 52.4 Å². The molecule has 0 atom stereocenters. The van der Waals surface area contributed by atoms with Crippen LogP contribution in [0, 0.1) is 0 Å². The molecule has 3 aromatic carbocycles. The first-order valence-corrected chi connectivity index (χ1v) is 11.4. The Balaban J connectivity index is 0.000000280. The Labute approximate surface area is 218 Å². The maximum absolute atomic E-state index is 10.9. The molecule has 184 valence electrons. The maximum Gasteiger partial charge on any atom is 2.00 e. The Morgan fingerprint density at radius 1 is 0.714 bits per heavy atom. The second kappa shape index (κ2) is 11.5. The molecule has 0 saturated carbocycles. The van der Waals surface area contributed by atoms with Crippen LogP contribution < -0.4 is 10.2 Å². The molecule has 5 heteroatoms. The number of pyridine rings is 1. The molecule has 0 radical (unpaired) electrons. The van der Waals surface area contributed by atoms with Crippen LogP contribution in [0.15, 0.2) is 84.0 Å². The van der Waals surface area contributed by atoms with Gasteiger partial charge in [0.25, 0.3) is 0 Å². The zero-order valence-corrected chi connectivity index (χ0v) is 22.1. The summed E-state index contributed by atoms with van der Waals surface area (Å²) in [4.78, 5) is 9.04. The van der Waals surface area contributed by atoms with Gasteiger partial charge in [-0.2, -0.15) is 0 Å². The van der Waals surface area contributed by atoms with Gasteiger partial charge in [-0.1, -0.05) is 96.1 Å². The van der Waals surface area contributed by atoms with E-state index in [9.17, 15) is 10.2 Å². The minimum absolute atomic E-state index is 0. The maximum atomic E-state index is 10.9. The Hall–Kier alpha value is -3.17. The molecule has 4 nitrogen and oxygen atoms in total. The van der Waals surface area contributed by atoms with E-state index in [2.05, 4.69) is 64.7 Å². The largest absolute Gasteiger partial charge is 2.00 e. The van der Waals surface area contributed by atoms with Crippen LogP contribution in [0.2, 0.25) is 0 Å². The smallest absolute Gasteiger partial charge is 0.873 e. The predicted octanol–water partition coefficient (Wildman–Crippen LogP) is 6.41. The predicted molar refractivity (Wildman–Crippen MR) is 138 cm³/mol. The van der Waals surface area contributed by atoms with Gasteiger partial charge in [0.2, 0.25) is 0 Å². The number of hydrogen-bond donors (Lipinski definition) is 0. The van der Waals surface area contributed by atoms with Crippen molar-refractivity contribution in [1.82, 2.24) is 4.98 Å². The summed E-state index contributed by atoms with van der Waals surface area (Å²) in [6, 6.07) is 22.6. The molecule has 0 N–H and O–H groups in total. The van der Waals surface area contributed by atoms with Crippen molar-refractivity contribution in [3.8, 4) is 11.5 Å². The summed E-state index contributed by atoms with van der Waals surface area (Å²) in [6.07, 6.45) is 3.63. The molecule has 1 aromatic heterocycles. The molecule has 0 saturated heterocycles. The quantitative estimate of drug-likeness (QED) is 0.231. The average Bonchev–Trinajstić information content (AvgIpc) is 2.78. The number of hydrogen-bond acceptors (Lipinski definition) is 4. The van der Waals surface area contributed by atoms with Crippen molar-refractivity contribution < 1.29 is 26.7 Å². The van der Waals surface area contributed by atoms with Crippen LogP contribution in [0.1, 0.15) is 58.4 Å². The van der Waals surface area contributed by atoms with E-state index in [1.54, 1.807) is 6.20 Å². The van der Waals surface area contributed by atoms with Gasteiger partial charge in [-0.15, -0.1) is 11.5 Å². The fourth-order valence-corrected chi connectivity index (χ4v) is 3.53. The molecular formula is C30H32N2NiO2. The Morgan fingerprint density at radius 2 is 1.29 bits per heavy atom. The topological polar surface area (TPSA) is 71.4 Å². The van der Waals surface area contributed by atoms with Crippen LogP contribution in [-0.4, -0.2) is 11.2 Å². The van der Waals surface area contributed by atoms with Crippen molar-refractivity contribution in [2.24, 2.45) is 4.99 Å². The minimum atomic E-state index is -0.436. The van der Waals surface area contributed by atoms with Crippen molar-refractivity contribution in [3.63, 3.8) is 0 Å². The number of benzene rings is 3. The summed E-state index contributed by atoms with van der Waals surface area (Å²) >= 11 is 0. The van der Waals surface area contributed by atoms with Gasteiger partial charge in [0.15, 0.2) is 0 Å². The SMILES string of the molecule is CC(C)(C)c1ccc(C(C)(C)C)c(N=Cc2ccccn2)c1.[Ni+2].[O-]c1cc2ccccc2cc1[O-]. The third kappa shape index (κ3) is 7.66. The Bertz CT molecular complexity index is 1250. The number of aromatic nitrogens is 1. The van der Waals surface area contributed by atoms with E-state index >= 15 is 0 Å². The van der Waals surface area contributed by atoms with Crippen molar-refractivity contribution >= 4 is 22.7 Å².